The van der Waals surface area contributed by atoms with Crippen molar-refractivity contribution in [1.82, 2.24) is 14.7 Å². The van der Waals surface area contributed by atoms with E-state index in [1.807, 2.05) is 12.1 Å². The summed E-state index contributed by atoms with van der Waals surface area (Å²) in [5, 5.41) is 5.45. The number of fused-ring (bicyclic) bond motifs is 1. The second-order valence-electron chi connectivity index (χ2n) is 7.31. The van der Waals surface area contributed by atoms with Gasteiger partial charge in [0.15, 0.2) is 0 Å². The van der Waals surface area contributed by atoms with E-state index >= 15 is 0 Å². The lowest BCUT2D eigenvalue weighted by Crippen LogP contribution is -2.44. The molecule has 1 unspecified atom stereocenters. The molecule has 0 aliphatic carbocycles. The predicted octanol–water partition coefficient (Wildman–Crippen LogP) is 2.85. The average molecular weight is 395 g/mol. The molecule has 1 atom stereocenters. The van der Waals surface area contributed by atoms with Gasteiger partial charge < -0.3 is 9.64 Å². The first-order chi connectivity index (χ1) is 14.1. The van der Waals surface area contributed by atoms with Crippen LogP contribution in [0.25, 0.3) is 10.8 Å². The van der Waals surface area contributed by atoms with Crippen LogP contribution in [0.1, 0.15) is 12.8 Å². The van der Waals surface area contributed by atoms with Crippen LogP contribution in [-0.4, -0.2) is 40.3 Å². The van der Waals surface area contributed by atoms with Crippen molar-refractivity contribution in [3.8, 4) is 5.75 Å². The van der Waals surface area contributed by atoms with E-state index in [2.05, 4.69) is 5.10 Å². The quantitative estimate of drug-likeness (QED) is 0.666. The van der Waals surface area contributed by atoms with Crippen molar-refractivity contribution in [2.45, 2.75) is 19.4 Å². The summed E-state index contributed by atoms with van der Waals surface area (Å²) in [6, 6.07) is 13.2. The highest BCUT2D eigenvalue weighted by molar-refractivity contribution is 5.81. The summed E-state index contributed by atoms with van der Waals surface area (Å²) in [6.45, 7) is 1.54. The summed E-state index contributed by atoms with van der Waals surface area (Å²) in [5.74, 6) is 0.180. The number of benzene rings is 2. The number of piperidine rings is 1. The van der Waals surface area contributed by atoms with Crippen LogP contribution in [0.4, 0.5) is 4.39 Å². The highest BCUT2D eigenvalue weighted by Gasteiger charge is 2.25. The minimum Gasteiger partial charge on any atom is -0.493 e. The lowest BCUT2D eigenvalue weighted by atomic mass is 9.99. The number of nitrogens with zero attached hydrogens (tertiary/aromatic N) is 3. The first-order valence-electron chi connectivity index (χ1n) is 9.71. The van der Waals surface area contributed by atoms with E-state index in [9.17, 15) is 14.0 Å². The van der Waals surface area contributed by atoms with Crippen LogP contribution >= 0.6 is 0 Å². The van der Waals surface area contributed by atoms with Gasteiger partial charge in [-0.1, -0.05) is 24.3 Å². The van der Waals surface area contributed by atoms with Crippen LogP contribution in [0.5, 0.6) is 5.75 Å². The van der Waals surface area contributed by atoms with Crippen molar-refractivity contribution < 1.29 is 13.9 Å². The maximum Gasteiger partial charge on any atom is 0.275 e. The molecule has 1 aliphatic heterocycles. The fourth-order valence-electron chi connectivity index (χ4n) is 3.67. The van der Waals surface area contributed by atoms with Crippen LogP contribution in [0.2, 0.25) is 0 Å². The Morgan fingerprint density at radius 1 is 1.21 bits per heavy atom. The second-order valence-corrected chi connectivity index (χ2v) is 7.31. The Hall–Kier alpha value is -3.22. The van der Waals surface area contributed by atoms with Crippen LogP contribution < -0.4 is 10.3 Å². The molecule has 4 rings (SSSR count). The van der Waals surface area contributed by atoms with Crippen LogP contribution in [-0.2, 0) is 11.3 Å². The number of hydrogen-bond donors (Lipinski definition) is 0. The minimum atomic E-state index is -0.337. The summed E-state index contributed by atoms with van der Waals surface area (Å²) in [4.78, 5) is 27.1. The Morgan fingerprint density at radius 3 is 2.93 bits per heavy atom. The molecule has 1 aliphatic rings. The van der Waals surface area contributed by atoms with Gasteiger partial charge in [-0.05, 0) is 31.0 Å². The summed E-state index contributed by atoms with van der Waals surface area (Å²) >= 11 is 0. The van der Waals surface area contributed by atoms with Crippen molar-refractivity contribution in [3.05, 3.63) is 70.9 Å². The number of aromatic nitrogens is 2. The highest BCUT2D eigenvalue weighted by Crippen LogP contribution is 2.20. The molecule has 2 aromatic carbocycles. The average Bonchev–Trinajstić information content (AvgIpc) is 2.75. The molecular formula is C22H22FN3O3. The third kappa shape index (κ3) is 4.45. The zero-order chi connectivity index (χ0) is 20.2. The van der Waals surface area contributed by atoms with Crippen LogP contribution in [0, 0.1) is 11.7 Å². The first kappa shape index (κ1) is 19.1. The molecule has 0 N–H and O–H groups in total. The van der Waals surface area contributed by atoms with Gasteiger partial charge in [0.2, 0.25) is 5.91 Å². The molecule has 29 heavy (non-hydrogen) atoms. The zero-order valence-corrected chi connectivity index (χ0v) is 16.0. The topological polar surface area (TPSA) is 64.4 Å². The van der Waals surface area contributed by atoms with Crippen molar-refractivity contribution in [1.29, 1.82) is 0 Å². The molecule has 1 aromatic heterocycles. The third-order valence-corrected chi connectivity index (χ3v) is 5.20. The molecule has 1 fully saturated rings. The van der Waals surface area contributed by atoms with Crippen LogP contribution in [0.15, 0.2) is 59.5 Å². The van der Waals surface area contributed by atoms with Crippen molar-refractivity contribution >= 4 is 16.7 Å². The van der Waals surface area contributed by atoms with Gasteiger partial charge in [-0.15, -0.1) is 0 Å². The van der Waals surface area contributed by atoms with Gasteiger partial charge in [0.1, 0.15) is 18.1 Å². The molecule has 0 spiro atoms. The molecule has 1 amide bonds. The van der Waals surface area contributed by atoms with E-state index in [0.717, 1.165) is 18.2 Å². The van der Waals surface area contributed by atoms with Gasteiger partial charge >= 0.3 is 0 Å². The summed E-state index contributed by atoms with van der Waals surface area (Å²) in [5.41, 5.74) is -0.264. The largest absolute Gasteiger partial charge is 0.493 e. The smallest absolute Gasteiger partial charge is 0.275 e. The Labute approximate surface area is 167 Å². The molecule has 7 heteroatoms. The maximum absolute atomic E-state index is 13.3. The minimum absolute atomic E-state index is 0.0822. The van der Waals surface area contributed by atoms with Gasteiger partial charge in [0, 0.05) is 30.5 Å². The van der Waals surface area contributed by atoms with Gasteiger partial charge in [-0.25, -0.2) is 9.07 Å². The molecular weight excluding hydrogens is 373 g/mol. The molecule has 2 heterocycles. The lowest BCUT2D eigenvalue weighted by Gasteiger charge is -2.32. The molecule has 0 saturated carbocycles. The molecule has 150 valence electrons. The van der Waals surface area contributed by atoms with Crippen molar-refractivity contribution in [3.63, 3.8) is 0 Å². The third-order valence-electron chi connectivity index (χ3n) is 5.20. The molecule has 3 aromatic rings. The molecule has 0 bridgehead atoms. The van der Waals surface area contributed by atoms with Crippen molar-refractivity contribution in [2.24, 2.45) is 5.92 Å². The number of hydrogen-bond acceptors (Lipinski definition) is 4. The fourth-order valence-corrected chi connectivity index (χ4v) is 3.67. The molecule has 0 radical (unpaired) electrons. The number of carbonyl (C=O) groups excluding carboxylic acids is 1. The summed E-state index contributed by atoms with van der Waals surface area (Å²) in [6.07, 6.45) is 3.41. The first-order valence-corrected chi connectivity index (χ1v) is 9.71. The van der Waals surface area contributed by atoms with Crippen LogP contribution in [0.3, 0.4) is 0 Å². The lowest BCUT2D eigenvalue weighted by molar-refractivity contribution is -0.134. The fraction of sp³-hybridized carbons (Fsp3) is 0.318. The normalized spacial score (nSPS) is 16.7. The van der Waals surface area contributed by atoms with Crippen molar-refractivity contribution in [2.75, 3.05) is 19.7 Å². The predicted molar refractivity (Wildman–Crippen MR) is 107 cm³/mol. The Balaban J connectivity index is 1.39. The van der Waals surface area contributed by atoms with E-state index in [4.69, 9.17) is 4.74 Å². The zero-order valence-electron chi connectivity index (χ0n) is 16.0. The molecule has 6 nitrogen and oxygen atoms in total. The maximum atomic E-state index is 13.3. The van der Waals surface area contributed by atoms with E-state index in [0.29, 0.717) is 30.8 Å². The monoisotopic (exact) mass is 395 g/mol. The van der Waals surface area contributed by atoms with Gasteiger partial charge in [-0.3, -0.25) is 9.59 Å². The summed E-state index contributed by atoms with van der Waals surface area (Å²) in [7, 11) is 0. The SMILES string of the molecule is O=C(Cn1ncc2ccccc2c1=O)N1CCCC(COc2cccc(F)c2)C1. The summed E-state index contributed by atoms with van der Waals surface area (Å²) < 4.78 is 20.2. The van der Waals surface area contributed by atoms with Gasteiger partial charge in [-0.2, -0.15) is 5.10 Å². The van der Waals surface area contributed by atoms with E-state index < -0.39 is 0 Å². The number of likely N-dealkylation sites (tertiary alicyclic amines) is 1. The number of amides is 1. The Kier molecular flexibility index (Phi) is 5.55. The number of ether oxygens (including phenoxy) is 1. The van der Waals surface area contributed by atoms with Gasteiger partial charge in [0.25, 0.3) is 5.56 Å². The standard InChI is InChI=1S/C22H22FN3O3/c23-18-7-3-8-19(11-18)29-15-16-5-4-10-25(13-16)21(27)14-26-22(28)20-9-2-1-6-17(20)12-24-26/h1-3,6-9,11-12,16H,4-5,10,13-15H2. The second kappa shape index (κ2) is 8.43. The van der Waals surface area contributed by atoms with E-state index in [1.54, 1.807) is 35.4 Å². The highest BCUT2D eigenvalue weighted by atomic mass is 19.1. The molecule has 1 saturated heterocycles. The number of rotatable bonds is 5. The van der Waals surface area contributed by atoms with Gasteiger partial charge in [0.05, 0.1) is 18.2 Å². The Morgan fingerprint density at radius 2 is 2.07 bits per heavy atom. The van der Waals surface area contributed by atoms with E-state index in [1.165, 1.54) is 16.8 Å². The number of halogens is 1. The van der Waals surface area contributed by atoms with E-state index in [-0.39, 0.29) is 29.7 Å². The number of carbonyl (C=O) groups is 1. The Bertz CT molecular complexity index is 1080.